The molecule has 0 amide bonds. The predicted molar refractivity (Wildman–Crippen MR) is 98.5 cm³/mol. The quantitative estimate of drug-likeness (QED) is 0.687. The van der Waals surface area contributed by atoms with Crippen LogP contribution in [0.1, 0.15) is 25.8 Å². The van der Waals surface area contributed by atoms with Gasteiger partial charge in [-0.25, -0.2) is 4.68 Å². The van der Waals surface area contributed by atoms with Crippen LogP contribution in [0.25, 0.3) is 11.0 Å². The lowest BCUT2D eigenvalue weighted by molar-refractivity contribution is -0.0563. The van der Waals surface area contributed by atoms with E-state index < -0.39 is 5.72 Å². The molecule has 1 aromatic heterocycles. The highest BCUT2D eigenvalue weighted by Crippen LogP contribution is 2.26. The molecule has 3 rings (SSSR count). The van der Waals surface area contributed by atoms with Crippen LogP contribution in [-0.2, 0) is 10.5 Å². The van der Waals surface area contributed by atoms with Crippen LogP contribution in [0.2, 0.25) is 0 Å². The summed E-state index contributed by atoms with van der Waals surface area (Å²) in [5.41, 5.74) is 1.61. The Balaban J connectivity index is 2.16. The van der Waals surface area contributed by atoms with Crippen molar-refractivity contribution in [3.63, 3.8) is 0 Å². The highest BCUT2D eigenvalue weighted by Gasteiger charge is 2.33. The maximum atomic E-state index is 6.09. The maximum absolute atomic E-state index is 6.09. The average Bonchev–Trinajstić information content (AvgIpc) is 3.10. The number of para-hydroxylation sites is 1. The van der Waals surface area contributed by atoms with Crippen LogP contribution in [0.3, 0.4) is 0 Å². The molecule has 0 saturated carbocycles. The summed E-state index contributed by atoms with van der Waals surface area (Å²) in [4.78, 5) is 0. The average molecular weight is 329 g/mol. The summed E-state index contributed by atoms with van der Waals surface area (Å²) in [6, 6.07) is 17.6. The first kappa shape index (κ1) is 16.8. The number of hydrogen-bond acceptors (Lipinski definition) is 3. The Bertz CT molecular complexity index is 970. The van der Waals surface area contributed by atoms with Crippen LogP contribution in [0.15, 0.2) is 54.6 Å². The molecular weight excluding hydrogens is 310 g/mol. The van der Waals surface area contributed by atoms with Crippen LogP contribution < -0.4 is 0 Å². The lowest BCUT2D eigenvalue weighted by Crippen LogP contribution is -2.36. The first-order valence-corrected chi connectivity index (χ1v) is 8.22. The number of rotatable bonds is 4. The van der Waals surface area contributed by atoms with E-state index in [2.05, 4.69) is 34.0 Å². The Hall–Kier alpha value is -3.08. The monoisotopic (exact) mass is 329 g/mol. The van der Waals surface area contributed by atoms with Crippen LogP contribution in [0.4, 0.5) is 0 Å². The van der Waals surface area contributed by atoms with E-state index in [1.54, 1.807) is 11.6 Å². The Morgan fingerprint density at radius 3 is 2.60 bits per heavy atom. The van der Waals surface area contributed by atoms with Gasteiger partial charge in [0.25, 0.3) is 0 Å². The number of ether oxygens (including phenoxy) is 1. The molecule has 25 heavy (non-hydrogen) atoms. The second-order valence-electron chi connectivity index (χ2n) is 5.43. The first-order valence-electron chi connectivity index (χ1n) is 8.22. The molecule has 0 fully saturated rings. The van der Waals surface area contributed by atoms with E-state index >= 15 is 0 Å². The van der Waals surface area contributed by atoms with Crippen molar-refractivity contribution in [2.24, 2.45) is 0 Å². The van der Waals surface area contributed by atoms with Gasteiger partial charge in [-0.1, -0.05) is 47.4 Å². The molecule has 0 bridgehead atoms. The number of nitrogens with zero attached hydrogens (tertiary/aromatic N) is 3. The maximum Gasteiger partial charge on any atom is 0.237 e. The normalized spacial score (nSPS) is 12.6. The molecule has 4 nitrogen and oxygen atoms in total. The third-order valence-corrected chi connectivity index (χ3v) is 3.76. The van der Waals surface area contributed by atoms with Gasteiger partial charge in [0.1, 0.15) is 5.52 Å². The third kappa shape index (κ3) is 3.55. The summed E-state index contributed by atoms with van der Waals surface area (Å²) in [6.45, 7) is 4.24. The van der Waals surface area contributed by atoms with E-state index in [-0.39, 0.29) is 0 Å². The number of aromatic nitrogens is 3. The summed E-state index contributed by atoms with van der Waals surface area (Å²) in [5.74, 6) is 12.5. The van der Waals surface area contributed by atoms with Crippen LogP contribution in [0, 0.1) is 23.7 Å². The van der Waals surface area contributed by atoms with Crippen molar-refractivity contribution in [3.05, 3.63) is 60.2 Å². The smallest absolute Gasteiger partial charge is 0.237 e. The minimum absolute atomic E-state index is 0.407. The van der Waals surface area contributed by atoms with Crippen LogP contribution in [0.5, 0.6) is 0 Å². The second-order valence-corrected chi connectivity index (χ2v) is 5.43. The topological polar surface area (TPSA) is 39.9 Å². The van der Waals surface area contributed by atoms with Crippen LogP contribution in [-0.4, -0.2) is 21.6 Å². The van der Waals surface area contributed by atoms with Gasteiger partial charge in [0.2, 0.25) is 5.72 Å². The molecule has 0 N–H and O–H groups in total. The summed E-state index contributed by atoms with van der Waals surface area (Å²) < 4.78 is 7.83. The fourth-order valence-electron chi connectivity index (χ4n) is 2.59. The Kier molecular flexibility index (Phi) is 5.14. The highest BCUT2D eigenvalue weighted by molar-refractivity contribution is 5.74. The molecular formula is C21H19N3O. The predicted octanol–water partition coefficient (Wildman–Crippen LogP) is 3.59. The van der Waals surface area contributed by atoms with E-state index in [1.165, 1.54) is 0 Å². The van der Waals surface area contributed by atoms with Gasteiger partial charge in [0.15, 0.2) is 0 Å². The van der Waals surface area contributed by atoms with Gasteiger partial charge >= 0.3 is 0 Å². The van der Waals surface area contributed by atoms with Crippen molar-refractivity contribution in [1.29, 1.82) is 0 Å². The molecule has 0 aliphatic rings. The van der Waals surface area contributed by atoms with Gasteiger partial charge < -0.3 is 4.74 Å². The molecule has 1 unspecified atom stereocenters. The molecule has 0 radical (unpaired) electrons. The Morgan fingerprint density at radius 2 is 1.84 bits per heavy atom. The summed E-state index contributed by atoms with van der Waals surface area (Å²) >= 11 is 0. The van der Waals surface area contributed by atoms with Gasteiger partial charge in [-0.2, -0.15) is 0 Å². The molecule has 1 atom stereocenters. The zero-order valence-electron chi connectivity index (χ0n) is 14.4. The van der Waals surface area contributed by atoms with Crippen molar-refractivity contribution in [2.75, 3.05) is 6.61 Å². The van der Waals surface area contributed by atoms with E-state index in [9.17, 15) is 0 Å². The fourth-order valence-corrected chi connectivity index (χ4v) is 2.59. The SMILES string of the molecule is CC#CCC(C#Cc1ccccc1)(OCC)n1nnc2ccccc21. The second kappa shape index (κ2) is 7.66. The summed E-state index contributed by atoms with van der Waals surface area (Å²) in [6.07, 6.45) is 0.407. The largest absolute Gasteiger partial charge is 0.343 e. The van der Waals surface area contributed by atoms with Crippen LogP contribution >= 0.6 is 0 Å². The molecule has 124 valence electrons. The molecule has 2 aromatic carbocycles. The zero-order valence-corrected chi connectivity index (χ0v) is 14.4. The molecule has 0 saturated heterocycles. The lowest BCUT2D eigenvalue weighted by Gasteiger charge is -2.27. The highest BCUT2D eigenvalue weighted by atomic mass is 16.5. The molecule has 3 aromatic rings. The van der Waals surface area contributed by atoms with Crippen molar-refractivity contribution in [2.45, 2.75) is 26.0 Å². The summed E-state index contributed by atoms with van der Waals surface area (Å²) in [7, 11) is 0. The standard InChI is InChI=1S/C21H19N3O/c1-3-5-16-21(25-4-2,17-15-18-11-7-6-8-12-18)24-20-14-10-9-13-19(20)22-23-24/h6-14H,4,16H2,1-2H3. The van der Waals surface area contributed by atoms with E-state index in [1.807, 2.05) is 61.5 Å². The first-order chi connectivity index (χ1) is 12.3. The van der Waals surface area contributed by atoms with E-state index in [0.29, 0.717) is 13.0 Å². The lowest BCUT2D eigenvalue weighted by atomic mass is 10.1. The van der Waals surface area contributed by atoms with Gasteiger partial charge in [-0.15, -0.1) is 11.0 Å². The van der Waals surface area contributed by atoms with Gasteiger partial charge in [-0.05, 0) is 44.0 Å². The zero-order chi connectivity index (χ0) is 17.5. The molecule has 0 aliphatic heterocycles. The van der Waals surface area contributed by atoms with E-state index in [0.717, 1.165) is 16.6 Å². The summed E-state index contributed by atoms with van der Waals surface area (Å²) in [5, 5.41) is 8.57. The molecule has 4 heteroatoms. The van der Waals surface area contributed by atoms with Crippen molar-refractivity contribution < 1.29 is 4.74 Å². The van der Waals surface area contributed by atoms with Crippen molar-refractivity contribution in [1.82, 2.24) is 15.0 Å². The van der Waals surface area contributed by atoms with E-state index in [4.69, 9.17) is 4.74 Å². The molecule has 0 spiro atoms. The van der Waals surface area contributed by atoms with Gasteiger partial charge in [0, 0.05) is 12.2 Å². The third-order valence-electron chi connectivity index (χ3n) is 3.76. The van der Waals surface area contributed by atoms with Gasteiger partial charge in [-0.3, -0.25) is 0 Å². The van der Waals surface area contributed by atoms with Crippen molar-refractivity contribution in [3.8, 4) is 23.7 Å². The Morgan fingerprint density at radius 1 is 1.08 bits per heavy atom. The molecule has 1 heterocycles. The minimum Gasteiger partial charge on any atom is -0.343 e. The number of fused-ring (bicyclic) bond motifs is 1. The minimum atomic E-state index is -0.982. The number of hydrogen-bond donors (Lipinski definition) is 0. The fraction of sp³-hybridized carbons (Fsp3) is 0.238. The van der Waals surface area contributed by atoms with Crippen molar-refractivity contribution >= 4 is 11.0 Å². The molecule has 0 aliphatic carbocycles. The Labute approximate surface area is 147 Å². The van der Waals surface area contributed by atoms with Gasteiger partial charge in [0.05, 0.1) is 11.9 Å². The number of benzene rings is 2.